The molecule has 0 radical (unpaired) electrons. The predicted octanol–water partition coefficient (Wildman–Crippen LogP) is 3.19. The van der Waals surface area contributed by atoms with Crippen LogP contribution in [0.2, 0.25) is 0 Å². The van der Waals surface area contributed by atoms with Crippen molar-refractivity contribution >= 4 is 5.97 Å². The molecule has 0 fully saturated rings. The first-order chi connectivity index (χ1) is 8.36. The van der Waals surface area contributed by atoms with Crippen LogP contribution in [0.15, 0.2) is 0 Å². The standard InChI is InChI=1S/C15H31NO2/c1-12(2)7-9-16(10-8-13(3)4)11-14(5)15(17)18-6/h12-14H,7-11H2,1-6H3. The summed E-state index contributed by atoms with van der Waals surface area (Å²) in [4.78, 5) is 13.9. The number of methoxy groups -OCH3 is 1. The molecule has 0 aromatic rings. The number of ether oxygens (including phenoxy) is 1. The Hall–Kier alpha value is -0.570. The van der Waals surface area contributed by atoms with Gasteiger partial charge in [-0.2, -0.15) is 0 Å². The van der Waals surface area contributed by atoms with Gasteiger partial charge in [0.1, 0.15) is 0 Å². The summed E-state index contributed by atoms with van der Waals surface area (Å²) in [6, 6.07) is 0. The van der Waals surface area contributed by atoms with E-state index in [1.807, 2.05) is 6.92 Å². The second kappa shape index (κ2) is 9.37. The lowest BCUT2D eigenvalue weighted by Crippen LogP contribution is -2.34. The van der Waals surface area contributed by atoms with Crippen molar-refractivity contribution < 1.29 is 9.53 Å². The number of carbonyl (C=O) groups is 1. The summed E-state index contributed by atoms with van der Waals surface area (Å²) in [5.74, 6) is 1.28. The Morgan fingerprint density at radius 3 is 1.78 bits per heavy atom. The Kier molecular flexibility index (Phi) is 9.08. The molecule has 108 valence electrons. The van der Waals surface area contributed by atoms with E-state index in [4.69, 9.17) is 4.74 Å². The average molecular weight is 257 g/mol. The van der Waals surface area contributed by atoms with Gasteiger partial charge < -0.3 is 9.64 Å². The van der Waals surface area contributed by atoms with Crippen molar-refractivity contribution in [2.24, 2.45) is 17.8 Å². The molecule has 0 aliphatic carbocycles. The summed E-state index contributed by atoms with van der Waals surface area (Å²) in [6.07, 6.45) is 2.37. The third kappa shape index (κ3) is 8.51. The highest BCUT2D eigenvalue weighted by molar-refractivity contribution is 5.72. The second-order valence-electron chi connectivity index (χ2n) is 6.09. The van der Waals surface area contributed by atoms with Crippen LogP contribution in [0.1, 0.15) is 47.5 Å². The molecule has 18 heavy (non-hydrogen) atoms. The van der Waals surface area contributed by atoms with E-state index in [0.717, 1.165) is 19.6 Å². The number of carbonyl (C=O) groups excluding carboxylic acids is 1. The molecule has 0 heterocycles. The van der Waals surface area contributed by atoms with Crippen LogP contribution < -0.4 is 0 Å². The molecule has 0 aromatic carbocycles. The first-order valence-corrected chi connectivity index (χ1v) is 7.17. The van der Waals surface area contributed by atoms with Crippen LogP contribution in [-0.2, 0) is 9.53 Å². The minimum Gasteiger partial charge on any atom is -0.469 e. The van der Waals surface area contributed by atoms with E-state index in [0.29, 0.717) is 11.8 Å². The maximum absolute atomic E-state index is 11.5. The lowest BCUT2D eigenvalue weighted by atomic mass is 10.1. The highest BCUT2D eigenvalue weighted by Gasteiger charge is 2.17. The van der Waals surface area contributed by atoms with E-state index in [1.165, 1.54) is 20.0 Å². The van der Waals surface area contributed by atoms with E-state index >= 15 is 0 Å². The predicted molar refractivity (Wildman–Crippen MR) is 76.5 cm³/mol. The summed E-state index contributed by atoms with van der Waals surface area (Å²) in [5.41, 5.74) is 0. The van der Waals surface area contributed by atoms with Gasteiger partial charge in [0.15, 0.2) is 0 Å². The number of hydrogen-bond acceptors (Lipinski definition) is 3. The highest BCUT2D eigenvalue weighted by Crippen LogP contribution is 2.09. The molecule has 0 amide bonds. The number of rotatable bonds is 9. The molecule has 1 unspecified atom stereocenters. The molecule has 0 aliphatic rings. The minimum atomic E-state index is -0.103. The van der Waals surface area contributed by atoms with Gasteiger partial charge >= 0.3 is 5.97 Å². The van der Waals surface area contributed by atoms with Crippen LogP contribution in [-0.4, -0.2) is 37.6 Å². The fourth-order valence-electron chi connectivity index (χ4n) is 1.84. The topological polar surface area (TPSA) is 29.5 Å². The molecule has 0 N–H and O–H groups in total. The Morgan fingerprint density at radius 2 is 1.44 bits per heavy atom. The highest BCUT2D eigenvalue weighted by atomic mass is 16.5. The molecule has 0 rings (SSSR count). The summed E-state index contributed by atoms with van der Waals surface area (Å²) < 4.78 is 4.80. The summed E-state index contributed by atoms with van der Waals surface area (Å²) in [5, 5.41) is 0. The van der Waals surface area contributed by atoms with Gasteiger partial charge in [0.2, 0.25) is 0 Å². The first-order valence-electron chi connectivity index (χ1n) is 7.17. The third-order valence-corrected chi connectivity index (χ3v) is 3.18. The summed E-state index contributed by atoms with van der Waals surface area (Å²) in [6.45, 7) is 13.9. The largest absolute Gasteiger partial charge is 0.469 e. The molecule has 3 nitrogen and oxygen atoms in total. The smallest absolute Gasteiger partial charge is 0.309 e. The Balaban J connectivity index is 4.22. The van der Waals surface area contributed by atoms with Crippen LogP contribution in [0.25, 0.3) is 0 Å². The number of esters is 1. The molecule has 0 aliphatic heterocycles. The van der Waals surface area contributed by atoms with E-state index in [9.17, 15) is 4.79 Å². The average Bonchev–Trinajstić information content (AvgIpc) is 2.30. The van der Waals surface area contributed by atoms with Crippen LogP contribution in [0, 0.1) is 17.8 Å². The quantitative estimate of drug-likeness (QED) is 0.594. The van der Waals surface area contributed by atoms with Crippen molar-refractivity contribution in [3.63, 3.8) is 0 Å². The minimum absolute atomic E-state index is 0.0330. The van der Waals surface area contributed by atoms with Gasteiger partial charge in [-0.05, 0) is 37.8 Å². The van der Waals surface area contributed by atoms with Gasteiger partial charge in [-0.3, -0.25) is 4.79 Å². The van der Waals surface area contributed by atoms with E-state index in [1.54, 1.807) is 0 Å². The van der Waals surface area contributed by atoms with Gasteiger partial charge in [0.05, 0.1) is 13.0 Å². The molecule has 1 atom stereocenters. The molecular weight excluding hydrogens is 226 g/mol. The fraction of sp³-hybridized carbons (Fsp3) is 0.933. The maximum Gasteiger partial charge on any atom is 0.309 e. The Labute approximate surface area is 113 Å². The van der Waals surface area contributed by atoms with Crippen molar-refractivity contribution in [2.45, 2.75) is 47.5 Å². The Bertz CT molecular complexity index is 215. The lowest BCUT2D eigenvalue weighted by molar-refractivity contribution is -0.145. The van der Waals surface area contributed by atoms with Crippen molar-refractivity contribution in [1.29, 1.82) is 0 Å². The summed E-state index contributed by atoms with van der Waals surface area (Å²) >= 11 is 0. The van der Waals surface area contributed by atoms with Crippen molar-refractivity contribution in [3.8, 4) is 0 Å². The van der Waals surface area contributed by atoms with Crippen molar-refractivity contribution in [1.82, 2.24) is 4.90 Å². The van der Waals surface area contributed by atoms with Crippen molar-refractivity contribution in [2.75, 3.05) is 26.7 Å². The monoisotopic (exact) mass is 257 g/mol. The fourth-order valence-corrected chi connectivity index (χ4v) is 1.84. The first kappa shape index (κ1) is 17.4. The van der Waals surface area contributed by atoms with Crippen LogP contribution in [0.3, 0.4) is 0 Å². The normalized spacial score (nSPS) is 13.4. The van der Waals surface area contributed by atoms with Gasteiger partial charge in [-0.15, -0.1) is 0 Å². The zero-order valence-electron chi connectivity index (χ0n) is 13.0. The Morgan fingerprint density at radius 1 is 1.00 bits per heavy atom. The second-order valence-corrected chi connectivity index (χ2v) is 6.09. The molecule has 0 aromatic heterocycles. The van der Waals surface area contributed by atoms with Crippen molar-refractivity contribution in [3.05, 3.63) is 0 Å². The SMILES string of the molecule is COC(=O)C(C)CN(CCC(C)C)CCC(C)C. The van der Waals surface area contributed by atoms with E-state index < -0.39 is 0 Å². The molecule has 3 heteroatoms. The van der Waals surface area contributed by atoms with Gasteiger partial charge in [0, 0.05) is 6.54 Å². The van der Waals surface area contributed by atoms with Crippen LogP contribution in [0.4, 0.5) is 0 Å². The van der Waals surface area contributed by atoms with Gasteiger partial charge in [0.25, 0.3) is 0 Å². The van der Waals surface area contributed by atoms with Gasteiger partial charge in [-0.1, -0.05) is 34.6 Å². The van der Waals surface area contributed by atoms with Crippen LogP contribution >= 0.6 is 0 Å². The molecule has 0 bridgehead atoms. The molecule has 0 saturated heterocycles. The van der Waals surface area contributed by atoms with E-state index in [2.05, 4.69) is 32.6 Å². The maximum atomic E-state index is 11.5. The lowest BCUT2D eigenvalue weighted by Gasteiger charge is -2.26. The zero-order chi connectivity index (χ0) is 14.1. The molecule has 0 saturated carbocycles. The molecular formula is C15H31NO2. The van der Waals surface area contributed by atoms with E-state index in [-0.39, 0.29) is 11.9 Å². The molecule has 0 spiro atoms. The third-order valence-electron chi connectivity index (χ3n) is 3.18. The van der Waals surface area contributed by atoms with Crippen LogP contribution in [0.5, 0.6) is 0 Å². The van der Waals surface area contributed by atoms with Gasteiger partial charge in [-0.25, -0.2) is 0 Å². The number of nitrogens with zero attached hydrogens (tertiary/aromatic N) is 1. The zero-order valence-corrected chi connectivity index (χ0v) is 13.0. The number of hydrogen-bond donors (Lipinski definition) is 0. The summed E-state index contributed by atoms with van der Waals surface area (Å²) in [7, 11) is 1.46.